The van der Waals surface area contributed by atoms with Gasteiger partial charge >= 0.3 is 0 Å². The first-order valence-electron chi connectivity index (χ1n) is 7.68. The highest BCUT2D eigenvalue weighted by molar-refractivity contribution is 4.86. The lowest BCUT2D eigenvalue weighted by atomic mass is 9.99. The summed E-state index contributed by atoms with van der Waals surface area (Å²) in [5, 5.41) is 3.72. The van der Waals surface area contributed by atoms with Crippen LogP contribution < -0.4 is 5.32 Å². The largest absolute Gasteiger partial charge is 0.314 e. The molecule has 0 aromatic rings. The molecule has 2 aliphatic rings. The van der Waals surface area contributed by atoms with Gasteiger partial charge in [0.15, 0.2) is 0 Å². The Kier molecular flexibility index (Phi) is 4.87. The standard InChI is InChI=1S/C15H30N2/c1-4-14-8-9-17(11-12(2)10-16-14)15-7-5-6-13(15)3/h12-16H,4-11H2,1-3H3. The summed E-state index contributed by atoms with van der Waals surface area (Å²) in [5.74, 6) is 1.73. The van der Waals surface area contributed by atoms with Gasteiger partial charge in [-0.15, -0.1) is 0 Å². The Morgan fingerprint density at radius 2 is 2.00 bits per heavy atom. The molecule has 1 aliphatic heterocycles. The number of hydrogen-bond donors (Lipinski definition) is 1. The fraction of sp³-hybridized carbons (Fsp3) is 1.00. The van der Waals surface area contributed by atoms with Crippen LogP contribution in [-0.2, 0) is 0 Å². The topological polar surface area (TPSA) is 15.3 Å². The van der Waals surface area contributed by atoms with Crippen LogP contribution in [0.4, 0.5) is 0 Å². The summed E-state index contributed by atoms with van der Waals surface area (Å²) in [6, 6.07) is 1.63. The molecule has 4 atom stereocenters. The van der Waals surface area contributed by atoms with Crippen molar-refractivity contribution in [2.45, 2.75) is 65.0 Å². The van der Waals surface area contributed by atoms with E-state index in [2.05, 4.69) is 31.0 Å². The van der Waals surface area contributed by atoms with Crippen molar-refractivity contribution in [1.82, 2.24) is 10.2 Å². The van der Waals surface area contributed by atoms with E-state index in [1.807, 2.05) is 0 Å². The van der Waals surface area contributed by atoms with Crippen molar-refractivity contribution in [2.75, 3.05) is 19.6 Å². The molecule has 0 spiro atoms. The number of nitrogens with one attached hydrogen (secondary N) is 1. The molecule has 100 valence electrons. The average molecular weight is 238 g/mol. The van der Waals surface area contributed by atoms with Crippen LogP contribution in [0.1, 0.15) is 52.9 Å². The van der Waals surface area contributed by atoms with Gasteiger partial charge in [-0.2, -0.15) is 0 Å². The van der Waals surface area contributed by atoms with E-state index in [4.69, 9.17) is 0 Å². The summed E-state index contributed by atoms with van der Waals surface area (Å²) in [6.07, 6.45) is 6.96. The van der Waals surface area contributed by atoms with Gasteiger partial charge < -0.3 is 5.32 Å². The Balaban J connectivity index is 1.95. The average Bonchev–Trinajstić information content (AvgIpc) is 2.71. The van der Waals surface area contributed by atoms with Gasteiger partial charge in [-0.1, -0.05) is 27.2 Å². The van der Waals surface area contributed by atoms with E-state index in [1.54, 1.807) is 0 Å². The Bertz CT molecular complexity index is 229. The number of hydrogen-bond acceptors (Lipinski definition) is 2. The van der Waals surface area contributed by atoms with Gasteiger partial charge in [-0.05, 0) is 50.6 Å². The van der Waals surface area contributed by atoms with Crippen LogP contribution >= 0.6 is 0 Å². The van der Waals surface area contributed by atoms with Crippen molar-refractivity contribution >= 4 is 0 Å². The molecule has 0 bridgehead atoms. The predicted octanol–water partition coefficient (Wildman–Crippen LogP) is 2.89. The van der Waals surface area contributed by atoms with E-state index in [-0.39, 0.29) is 0 Å². The first kappa shape index (κ1) is 13.4. The lowest BCUT2D eigenvalue weighted by Gasteiger charge is -2.37. The maximum atomic E-state index is 3.72. The van der Waals surface area contributed by atoms with E-state index in [0.29, 0.717) is 0 Å². The van der Waals surface area contributed by atoms with E-state index in [1.165, 1.54) is 51.7 Å². The zero-order valence-corrected chi connectivity index (χ0v) is 11.9. The van der Waals surface area contributed by atoms with Crippen LogP contribution in [0.25, 0.3) is 0 Å². The minimum Gasteiger partial charge on any atom is -0.314 e. The zero-order valence-electron chi connectivity index (χ0n) is 11.9. The number of nitrogens with zero attached hydrogens (tertiary/aromatic N) is 1. The molecule has 2 rings (SSSR count). The van der Waals surface area contributed by atoms with Crippen LogP contribution in [0, 0.1) is 11.8 Å². The van der Waals surface area contributed by atoms with Crippen LogP contribution in [0.2, 0.25) is 0 Å². The second-order valence-corrected chi connectivity index (χ2v) is 6.38. The summed E-state index contributed by atoms with van der Waals surface area (Å²) in [4.78, 5) is 2.81. The second kappa shape index (κ2) is 6.19. The fourth-order valence-electron chi connectivity index (χ4n) is 3.67. The molecule has 0 aromatic carbocycles. The van der Waals surface area contributed by atoms with E-state index < -0.39 is 0 Å². The molecule has 2 fully saturated rings. The van der Waals surface area contributed by atoms with E-state index in [0.717, 1.165) is 23.9 Å². The lowest BCUT2D eigenvalue weighted by molar-refractivity contribution is 0.123. The van der Waals surface area contributed by atoms with Gasteiger partial charge in [-0.25, -0.2) is 0 Å². The summed E-state index contributed by atoms with van der Waals surface area (Å²) in [6.45, 7) is 11.0. The van der Waals surface area contributed by atoms with Crippen LogP contribution in [0.5, 0.6) is 0 Å². The maximum absolute atomic E-state index is 3.72. The van der Waals surface area contributed by atoms with Crippen molar-refractivity contribution in [3.05, 3.63) is 0 Å². The first-order chi connectivity index (χ1) is 8.20. The number of rotatable bonds is 2. The lowest BCUT2D eigenvalue weighted by Crippen LogP contribution is -2.47. The van der Waals surface area contributed by atoms with Gasteiger partial charge in [0.1, 0.15) is 0 Å². The molecule has 1 saturated heterocycles. The molecule has 0 radical (unpaired) electrons. The molecule has 1 heterocycles. The Morgan fingerprint density at radius 1 is 1.18 bits per heavy atom. The third kappa shape index (κ3) is 3.45. The zero-order chi connectivity index (χ0) is 12.3. The summed E-state index contributed by atoms with van der Waals surface area (Å²) < 4.78 is 0. The van der Waals surface area contributed by atoms with E-state index >= 15 is 0 Å². The highest BCUT2D eigenvalue weighted by atomic mass is 15.2. The summed E-state index contributed by atoms with van der Waals surface area (Å²) in [7, 11) is 0. The second-order valence-electron chi connectivity index (χ2n) is 6.38. The van der Waals surface area contributed by atoms with E-state index in [9.17, 15) is 0 Å². The minimum absolute atomic E-state index is 0.747. The molecule has 0 aromatic heterocycles. The van der Waals surface area contributed by atoms with Crippen molar-refractivity contribution in [1.29, 1.82) is 0 Å². The van der Waals surface area contributed by atoms with Crippen LogP contribution in [0.3, 0.4) is 0 Å². The Hall–Kier alpha value is -0.0800. The van der Waals surface area contributed by atoms with Crippen LogP contribution in [-0.4, -0.2) is 36.6 Å². The summed E-state index contributed by atoms with van der Waals surface area (Å²) >= 11 is 0. The highest BCUT2D eigenvalue weighted by Crippen LogP contribution is 2.30. The molecular weight excluding hydrogens is 208 g/mol. The van der Waals surface area contributed by atoms with Crippen molar-refractivity contribution in [3.63, 3.8) is 0 Å². The molecule has 17 heavy (non-hydrogen) atoms. The SMILES string of the molecule is CCC1CCN(C2CCCC2C)CC(C)CN1. The smallest absolute Gasteiger partial charge is 0.0121 e. The van der Waals surface area contributed by atoms with Crippen molar-refractivity contribution in [2.24, 2.45) is 11.8 Å². The Morgan fingerprint density at radius 3 is 2.65 bits per heavy atom. The molecule has 0 amide bonds. The van der Waals surface area contributed by atoms with Crippen molar-refractivity contribution in [3.8, 4) is 0 Å². The third-order valence-electron chi connectivity index (χ3n) is 4.84. The predicted molar refractivity (Wildman–Crippen MR) is 74.2 cm³/mol. The van der Waals surface area contributed by atoms with Crippen LogP contribution in [0.15, 0.2) is 0 Å². The fourth-order valence-corrected chi connectivity index (χ4v) is 3.67. The third-order valence-corrected chi connectivity index (χ3v) is 4.84. The van der Waals surface area contributed by atoms with Gasteiger partial charge in [-0.3, -0.25) is 4.90 Å². The monoisotopic (exact) mass is 238 g/mol. The van der Waals surface area contributed by atoms with Crippen molar-refractivity contribution < 1.29 is 0 Å². The van der Waals surface area contributed by atoms with Gasteiger partial charge in [0.25, 0.3) is 0 Å². The molecule has 4 unspecified atom stereocenters. The van der Waals surface area contributed by atoms with Gasteiger partial charge in [0.2, 0.25) is 0 Å². The van der Waals surface area contributed by atoms with Gasteiger partial charge in [0, 0.05) is 18.6 Å². The minimum atomic E-state index is 0.747. The normalized spacial score (nSPS) is 41.1. The molecule has 1 N–H and O–H groups in total. The summed E-state index contributed by atoms with van der Waals surface area (Å²) in [5.41, 5.74) is 0. The molecule has 2 nitrogen and oxygen atoms in total. The Labute approximate surface area is 107 Å². The quantitative estimate of drug-likeness (QED) is 0.796. The van der Waals surface area contributed by atoms with Gasteiger partial charge in [0.05, 0.1) is 0 Å². The molecule has 2 heteroatoms. The molecule has 1 saturated carbocycles. The molecular formula is C15H30N2. The molecule has 1 aliphatic carbocycles. The maximum Gasteiger partial charge on any atom is 0.0121 e. The first-order valence-corrected chi connectivity index (χ1v) is 7.68. The highest BCUT2D eigenvalue weighted by Gasteiger charge is 2.30.